The highest BCUT2D eigenvalue weighted by Crippen LogP contribution is 2.19. The number of nitrogens with zero attached hydrogens (tertiary/aromatic N) is 2. The Morgan fingerprint density at radius 3 is 2.54 bits per heavy atom. The topological polar surface area (TPSA) is 42.9 Å². The minimum absolute atomic E-state index is 0.837. The van der Waals surface area contributed by atoms with Crippen LogP contribution in [0.5, 0.6) is 5.75 Å². The van der Waals surface area contributed by atoms with E-state index < -0.39 is 0 Å². The Balaban J connectivity index is 1.36. The lowest BCUT2D eigenvalue weighted by atomic mass is 10.2. The molecule has 4 rings (SSSR count). The van der Waals surface area contributed by atoms with Gasteiger partial charge in [0.1, 0.15) is 11.3 Å². The van der Waals surface area contributed by atoms with Crippen molar-refractivity contribution in [3.05, 3.63) is 54.4 Å². The predicted molar refractivity (Wildman–Crippen MR) is 93.6 cm³/mol. The predicted octanol–water partition coefficient (Wildman–Crippen LogP) is 1.74. The van der Waals surface area contributed by atoms with Crippen LogP contribution in [0.25, 0.3) is 11.1 Å². The average Bonchev–Trinajstić information content (AvgIpc) is 3.05. The van der Waals surface area contributed by atoms with E-state index >= 15 is 0 Å². The number of para-hydroxylation sites is 2. The quantitative estimate of drug-likeness (QED) is 0.794. The number of benzene rings is 2. The Bertz CT molecular complexity index is 772. The number of nitrogens with one attached hydrogen (secondary N) is 1. The van der Waals surface area contributed by atoms with Crippen molar-refractivity contribution >= 4 is 16.8 Å². The van der Waals surface area contributed by atoms with E-state index in [4.69, 9.17) is 9.15 Å². The molecule has 24 heavy (non-hydrogen) atoms. The Morgan fingerprint density at radius 2 is 1.83 bits per heavy atom. The summed E-state index contributed by atoms with van der Waals surface area (Å²) in [4.78, 5) is 8.53. The summed E-state index contributed by atoms with van der Waals surface area (Å²) in [6, 6.07) is 16.3. The first-order valence-electron chi connectivity index (χ1n) is 8.39. The van der Waals surface area contributed by atoms with E-state index in [1.807, 2.05) is 36.4 Å². The molecule has 1 aromatic heterocycles. The summed E-state index contributed by atoms with van der Waals surface area (Å²) >= 11 is 0. The molecule has 0 atom stereocenters. The number of hydrogen-bond acceptors (Lipinski definition) is 4. The van der Waals surface area contributed by atoms with Crippen LogP contribution in [-0.2, 0) is 6.54 Å². The van der Waals surface area contributed by atoms with Gasteiger partial charge in [0.25, 0.3) is 5.89 Å². The lowest BCUT2D eigenvalue weighted by molar-refractivity contribution is -0.915. The largest absolute Gasteiger partial charge is 0.497 e. The maximum atomic E-state index is 5.85. The van der Waals surface area contributed by atoms with Crippen LogP contribution in [0.2, 0.25) is 0 Å². The molecular formula is C19H22N3O2+. The van der Waals surface area contributed by atoms with Crippen LogP contribution < -0.4 is 14.5 Å². The summed E-state index contributed by atoms with van der Waals surface area (Å²) in [5, 5.41) is 0. The number of rotatable bonds is 4. The zero-order valence-electron chi connectivity index (χ0n) is 13.9. The van der Waals surface area contributed by atoms with Gasteiger partial charge in [-0.15, -0.1) is 0 Å². The van der Waals surface area contributed by atoms with Crippen LogP contribution in [-0.4, -0.2) is 38.3 Å². The fourth-order valence-electron chi connectivity index (χ4n) is 3.26. The van der Waals surface area contributed by atoms with Gasteiger partial charge in [-0.2, -0.15) is 0 Å². The van der Waals surface area contributed by atoms with Crippen molar-refractivity contribution in [1.29, 1.82) is 0 Å². The van der Waals surface area contributed by atoms with Gasteiger partial charge in [-0.1, -0.05) is 12.1 Å². The minimum Gasteiger partial charge on any atom is -0.497 e. The number of oxazole rings is 1. The van der Waals surface area contributed by atoms with E-state index in [1.54, 1.807) is 7.11 Å². The number of aromatic nitrogens is 1. The van der Waals surface area contributed by atoms with Crippen molar-refractivity contribution in [2.75, 3.05) is 38.2 Å². The molecule has 2 aromatic carbocycles. The van der Waals surface area contributed by atoms with Crippen LogP contribution in [0.3, 0.4) is 0 Å². The molecule has 124 valence electrons. The first-order chi connectivity index (χ1) is 11.8. The van der Waals surface area contributed by atoms with Crippen molar-refractivity contribution in [2.24, 2.45) is 0 Å². The highest BCUT2D eigenvalue weighted by atomic mass is 16.5. The van der Waals surface area contributed by atoms with Crippen LogP contribution in [0.1, 0.15) is 5.89 Å². The third kappa shape index (κ3) is 3.08. The molecule has 0 aliphatic carbocycles. The zero-order chi connectivity index (χ0) is 16.4. The van der Waals surface area contributed by atoms with Gasteiger partial charge in [0.2, 0.25) is 0 Å². The molecule has 1 aliphatic rings. The molecule has 0 radical (unpaired) electrons. The van der Waals surface area contributed by atoms with Crippen LogP contribution in [0.15, 0.2) is 52.9 Å². The molecule has 5 nitrogen and oxygen atoms in total. The Kier molecular flexibility index (Phi) is 4.09. The Labute approximate surface area is 141 Å². The summed E-state index contributed by atoms with van der Waals surface area (Å²) in [6.45, 7) is 5.12. The SMILES string of the molecule is COc1ccc(N2CC[NH+](Cc3nc4ccccc4o3)CC2)cc1. The molecule has 0 unspecified atom stereocenters. The summed E-state index contributed by atoms with van der Waals surface area (Å²) in [5.41, 5.74) is 3.09. The van der Waals surface area contributed by atoms with E-state index in [0.717, 1.165) is 55.5 Å². The summed E-state index contributed by atoms with van der Waals surface area (Å²) in [6.07, 6.45) is 0. The van der Waals surface area contributed by atoms with E-state index in [0.29, 0.717) is 0 Å². The number of hydrogen-bond donors (Lipinski definition) is 1. The molecule has 5 heteroatoms. The number of fused-ring (bicyclic) bond motifs is 1. The maximum Gasteiger partial charge on any atom is 0.251 e. The molecular weight excluding hydrogens is 302 g/mol. The molecule has 1 aliphatic heterocycles. The van der Waals surface area contributed by atoms with Gasteiger partial charge >= 0.3 is 0 Å². The Hall–Kier alpha value is -2.53. The van der Waals surface area contributed by atoms with Crippen molar-refractivity contribution in [3.63, 3.8) is 0 Å². The minimum atomic E-state index is 0.837. The zero-order valence-corrected chi connectivity index (χ0v) is 13.9. The van der Waals surface area contributed by atoms with E-state index in [2.05, 4.69) is 22.0 Å². The molecule has 2 heterocycles. The van der Waals surface area contributed by atoms with E-state index in [1.165, 1.54) is 10.6 Å². The van der Waals surface area contributed by atoms with Crippen molar-refractivity contribution in [1.82, 2.24) is 4.98 Å². The molecule has 1 saturated heterocycles. The van der Waals surface area contributed by atoms with Gasteiger partial charge in [-0.25, -0.2) is 4.98 Å². The Morgan fingerprint density at radius 1 is 1.08 bits per heavy atom. The van der Waals surface area contributed by atoms with Crippen molar-refractivity contribution < 1.29 is 14.1 Å². The average molecular weight is 324 g/mol. The first kappa shape index (κ1) is 15.0. The van der Waals surface area contributed by atoms with Crippen LogP contribution in [0, 0.1) is 0 Å². The molecule has 0 spiro atoms. The highest BCUT2D eigenvalue weighted by molar-refractivity contribution is 5.72. The molecule has 0 saturated carbocycles. The van der Waals surface area contributed by atoms with Gasteiger partial charge in [0.05, 0.1) is 33.3 Å². The second-order valence-electron chi connectivity index (χ2n) is 6.19. The number of anilines is 1. The van der Waals surface area contributed by atoms with Crippen molar-refractivity contribution in [2.45, 2.75) is 6.54 Å². The van der Waals surface area contributed by atoms with E-state index in [9.17, 15) is 0 Å². The van der Waals surface area contributed by atoms with Gasteiger partial charge in [0, 0.05) is 5.69 Å². The van der Waals surface area contributed by atoms with Gasteiger partial charge in [-0.05, 0) is 36.4 Å². The third-order valence-corrected chi connectivity index (χ3v) is 4.65. The van der Waals surface area contributed by atoms with Crippen LogP contribution >= 0.6 is 0 Å². The highest BCUT2D eigenvalue weighted by Gasteiger charge is 2.22. The standard InChI is InChI=1S/C19H21N3O2/c1-23-16-8-6-15(7-9-16)22-12-10-21(11-13-22)14-19-20-17-4-2-3-5-18(17)24-19/h2-9H,10-14H2,1H3/p+1. The first-order valence-corrected chi connectivity index (χ1v) is 8.39. The maximum absolute atomic E-state index is 5.85. The smallest absolute Gasteiger partial charge is 0.251 e. The lowest BCUT2D eigenvalue weighted by Gasteiger charge is -2.33. The third-order valence-electron chi connectivity index (χ3n) is 4.65. The van der Waals surface area contributed by atoms with Gasteiger partial charge in [-0.3, -0.25) is 0 Å². The molecule has 0 bridgehead atoms. The van der Waals surface area contributed by atoms with Crippen LogP contribution in [0.4, 0.5) is 5.69 Å². The second-order valence-corrected chi connectivity index (χ2v) is 6.19. The lowest BCUT2D eigenvalue weighted by Crippen LogP contribution is -3.13. The van der Waals surface area contributed by atoms with E-state index in [-0.39, 0.29) is 0 Å². The van der Waals surface area contributed by atoms with Gasteiger partial charge in [0.15, 0.2) is 12.1 Å². The number of methoxy groups -OCH3 is 1. The normalized spacial score (nSPS) is 15.8. The summed E-state index contributed by atoms with van der Waals surface area (Å²) in [5.74, 6) is 1.74. The monoisotopic (exact) mass is 324 g/mol. The molecule has 0 amide bonds. The molecule has 1 N–H and O–H groups in total. The van der Waals surface area contributed by atoms with Gasteiger partial charge < -0.3 is 19.0 Å². The molecule has 3 aromatic rings. The summed E-state index contributed by atoms with van der Waals surface area (Å²) < 4.78 is 11.1. The number of ether oxygens (including phenoxy) is 1. The second kappa shape index (κ2) is 6.53. The summed E-state index contributed by atoms with van der Waals surface area (Å²) in [7, 11) is 1.70. The number of quaternary nitrogens is 1. The molecule has 1 fully saturated rings. The fraction of sp³-hybridized carbons (Fsp3) is 0.316. The fourth-order valence-corrected chi connectivity index (χ4v) is 3.26. The van der Waals surface area contributed by atoms with Crippen molar-refractivity contribution in [3.8, 4) is 5.75 Å². The number of piperazine rings is 1.